The molecule has 0 N–H and O–H groups in total. The fourth-order valence-corrected chi connectivity index (χ4v) is 5.68. The molecule has 1 spiro atoms. The number of piperidine rings is 1. The van der Waals surface area contributed by atoms with E-state index in [0.717, 1.165) is 74.4 Å². The van der Waals surface area contributed by atoms with Crippen LogP contribution in [0.3, 0.4) is 0 Å². The molecule has 5 rings (SSSR count). The molecule has 6 heteroatoms. The Labute approximate surface area is 178 Å². The van der Waals surface area contributed by atoms with E-state index >= 15 is 0 Å². The van der Waals surface area contributed by atoms with Crippen LogP contribution in [0.5, 0.6) is 5.75 Å². The molecule has 3 aliphatic heterocycles. The van der Waals surface area contributed by atoms with Crippen molar-refractivity contribution in [2.24, 2.45) is 0 Å². The Kier molecular flexibility index (Phi) is 5.12. The fraction of sp³-hybridized carbons (Fsp3) is 0.500. The first kappa shape index (κ1) is 20.0. The lowest BCUT2D eigenvalue weighted by molar-refractivity contribution is -0.0963. The molecule has 2 aromatic rings. The molecule has 2 fully saturated rings. The first-order chi connectivity index (χ1) is 14.4. The quantitative estimate of drug-likeness (QED) is 0.748. The first-order valence-corrected chi connectivity index (χ1v) is 12.9. The van der Waals surface area contributed by atoms with Crippen LogP contribution in [-0.4, -0.2) is 57.5 Å². The van der Waals surface area contributed by atoms with Crippen molar-refractivity contribution in [1.29, 1.82) is 0 Å². The largest absolute Gasteiger partial charge is 0.487 e. The molecule has 3 aliphatic rings. The SMILES string of the molecule is CS(=O)(=O)Cc1ccc(-c2ccc3c(c2)CCC2(CCN(C4COC4)CC2)O3)cc1. The second kappa shape index (κ2) is 7.66. The minimum atomic E-state index is -3.01. The molecule has 0 aliphatic carbocycles. The van der Waals surface area contributed by atoms with Crippen LogP contribution >= 0.6 is 0 Å². The Morgan fingerprint density at radius 3 is 2.33 bits per heavy atom. The van der Waals surface area contributed by atoms with Crippen LogP contribution < -0.4 is 4.74 Å². The van der Waals surface area contributed by atoms with Gasteiger partial charge in [-0.2, -0.15) is 0 Å². The summed E-state index contributed by atoms with van der Waals surface area (Å²) in [5.41, 5.74) is 4.34. The van der Waals surface area contributed by atoms with E-state index in [9.17, 15) is 8.42 Å². The van der Waals surface area contributed by atoms with Crippen LogP contribution in [0, 0.1) is 0 Å². The Hall–Kier alpha value is -1.89. The van der Waals surface area contributed by atoms with Crippen LogP contribution in [-0.2, 0) is 26.7 Å². The lowest BCUT2D eigenvalue weighted by Crippen LogP contribution is -2.56. The number of sulfone groups is 1. The second-order valence-corrected chi connectivity index (χ2v) is 11.2. The zero-order valence-electron chi connectivity index (χ0n) is 17.5. The van der Waals surface area contributed by atoms with Crippen LogP contribution in [0.15, 0.2) is 42.5 Å². The van der Waals surface area contributed by atoms with Gasteiger partial charge >= 0.3 is 0 Å². The zero-order valence-corrected chi connectivity index (χ0v) is 18.3. The maximum Gasteiger partial charge on any atom is 0.151 e. The molecule has 3 heterocycles. The maximum atomic E-state index is 11.5. The predicted octanol–water partition coefficient (Wildman–Crippen LogP) is 3.46. The van der Waals surface area contributed by atoms with E-state index in [-0.39, 0.29) is 11.4 Å². The molecule has 0 saturated carbocycles. The summed E-state index contributed by atoms with van der Waals surface area (Å²) in [6, 6.07) is 14.9. The maximum absolute atomic E-state index is 11.5. The molecule has 160 valence electrons. The average Bonchev–Trinajstić information content (AvgIpc) is 2.68. The molecule has 5 nitrogen and oxygen atoms in total. The Bertz CT molecular complexity index is 1020. The van der Waals surface area contributed by atoms with Gasteiger partial charge in [0.25, 0.3) is 0 Å². The van der Waals surface area contributed by atoms with Gasteiger partial charge in [0.15, 0.2) is 9.84 Å². The molecular weight excluding hydrogens is 398 g/mol. The Morgan fingerprint density at radius 2 is 1.70 bits per heavy atom. The third-order valence-electron chi connectivity index (χ3n) is 6.80. The van der Waals surface area contributed by atoms with Crippen molar-refractivity contribution in [2.75, 3.05) is 32.6 Å². The van der Waals surface area contributed by atoms with E-state index in [1.54, 1.807) is 0 Å². The van der Waals surface area contributed by atoms with Crippen LogP contribution in [0.2, 0.25) is 0 Å². The van der Waals surface area contributed by atoms with E-state index < -0.39 is 9.84 Å². The first-order valence-electron chi connectivity index (χ1n) is 10.8. The van der Waals surface area contributed by atoms with Crippen LogP contribution in [0.25, 0.3) is 11.1 Å². The predicted molar refractivity (Wildman–Crippen MR) is 118 cm³/mol. The number of aryl methyl sites for hydroxylation is 1. The summed E-state index contributed by atoms with van der Waals surface area (Å²) in [4.78, 5) is 2.56. The van der Waals surface area contributed by atoms with E-state index in [0.29, 0.717) is 6.04 Å². The monoisotopic (exact) mass is 427 g/mol. The van der Waals surface area contributed by atoms with Gasteiger partial charge in [0.1, 0.15) is 11.4 Å². The molecule has 0 radical (unpaired) electrons. The molecule has 0 unspecified atom stereocenters. The number of benzene rings is 2. The van der Waals surface area contributed by atoms with Crippen molar-refractivity contribution < 1.29 is 17.9 Å². The Balaban J connectivity index is 1.28. The van der Waals surface area contributed by atoms with E-state index in [2.05, 4.69) is 23.1 Å². The highest BCUT2D eigenvalue weighted by molar-refractivity contribution is 7.89. The van der Waals surface area contributed by atoms with Crippen molar-refractivity contribution in [3.8, 4) is 16.9 Å². The number of ether oxygens (including phenoxy) is 2. The lowest BCUT2D eigenvalue weighted by atomic mass is 9.82. The number of hydrogen-bond donors (Lipinski definition) is 0. The summed E-state index contributed by atoms with van der Waals surface area (Å²) >= 11 is 0. The fourth-order valence-electron chi connectivity index (χ4n) is 4.88. The summed E-state index contributed by atoms with van der Waals surface area (Å²) in [7, 11) is -3.01. The third-order valence-corrected chi connectivity index (χ3v) is 7.66. The van der Waals surface area contributed by atoms with Crippen molar-refractivity contribution in [3.63, 3.8) is 0 Å². The molecule has 2 aromatic carbocycles. The Morgan fingerprint density at radius 1 is 1.00 bits per heavy atom. The van der Waals surface area contributed by atoms with Crippen molar-refractivity contribution in [3.05, 3.63) is 53.6 Å². The minimum absolute atomic E-state index is 0.0110. The third kappa shape index (κ3) is 4.13. The molecule has 0 aromatic heterocycles. The summed E-state index contributed by atoms with van der Waals surface area (Å²) in [6.45, 7) is 3.96. The normalized spacial score (nSPS) is 21.6. The van der Waals surface area contributed by atoms with Crippen molar-refractivity contribution >= 4 is 9.84 Å². The number of hydrogen-bond acceptors (Lipinski definition) is 5. The van der Waals surface area contributed by atoms with E-state index in [1.807, 2.05) is 24.3 Å². The van der Waals surface area contributed by atoms with Crippen LogP contribution in [0.4, 0.5) is 0 Å². The van der Waals surface area contributed by atoms with E-state index in [4.69, 9.17) is 9.47 Å². The molecule has 0 atom stereocenters. The molecule has 30 heavy (non-hydrogen) atoms. The van der Waals surface area contributed by atoms with Gasteiger partial charge in [0.2, 0.25) is 0 Å². The summed E-state index contributed by atoms with van der Waals surface area (Å²) in [5, 5.41) is 0. The smallest absolute Gasteiger partial charge is 0.151 e. The average molecular weight is 428 g/mol. The summed E-state index contributed by atoms with van der Waals surface area (Å²) in [6.07, 6.45) is 5.56. The number of nitrogens with zero attached hydrogens (tertiary/aromatic N) is 1. The van der Waals surface area contributed by atoms with Crippen LogP contribution in [0.1, 0.15) is 30.4 Å². The molecule has 2 saturated heterocycles. The topological polar surface area (TPSA) is 55.8 Å². The lowest BCUT2D eigenvalue weighted by Gasteiger charge is -2.48. The molecule has 0 amide bonds. The van der Waals surface area contributed by atoms with Gasteiger partial charge in [0, 0.05) is 19.3 Å². The van der Waals surface area contributed by atoms with Gasteiger partial charge in [-0.1, -0.05) is 30.3 Å². The highest BCUT2D eigenvalue weighted by atomic mass is 32.2. The van der Waals surface area contributed by atoms with Gasteiger partial charge in [-0.25, -0.2) is 8.42 Å². The van der Waals surface area contributed by atoms with Crippen molar-refractivity contribution in [2.45, 2.75) is 43.1 Å². The summed E-state index contributed by atoms with van der Waals surface area (Å²) in [5.74, 6) is 1.11. The highest BCUT2D eigenvalue weighted by Gasteiger charge is 2.41. The minimum Gasteiger partial charge on any atom is -0.487 e. The second-order valence-electron chi connectivity index (χ2n) is 9.10. The van der Waals surface area contributed by atoms with Gasteiger partial charge in [0.05, 0.1) is 25.0 Å². The number of likely N-dealkylation sites (tertiary alicyclic amines) is 1. The molecule has 0 bridgehead atoms. The van der Waals surface area contributed by atoms with Gasteiger partial charge in [-0.05, 0) is 60.1 Å². The molecular formula is C24H29NO4S. The summed E-state index contributed by atoms with van der Waals surface area (Å²) < 4.78 is 34.9. The van der Waals surface area contributed by atoms with Crippen molar-refractivity contribution in [1.82, 2.24) is 4.90 Å². The standard InChI is InChI=1S/C24H29NO4S/c1-30(26,27)17-18-2-4-19(5-3-18)20-6-7-23-21(14-20)8-9-24(29-23)10-12-25(13-11-24)22-15-28-16-22/h2-7,14,22H,8-13,15-17H2,1H3. The van der Waals surface area contributed by atoms with Gasteiger partial charge in [-0.15, -0.1) is 0 Å². The van der Waals surface area contributed by atoms with Gasteiger partial charge < -0.3 is 9.47 Å². The van der Waals surface area contributed by atoms with E-state index in [1.165, 1.54) is 11.8 Å². The highest BCUT2D eigenvalue weighted by Crippen LogP contribution is 2.41. The zero-order chi connectivity index (χ0) is 20.8. The number of fused-ring (bicyclic) bond motifs is 1. The number of rotatable bonds is 4. The van der Waals surface area contributed by atoms with Gasteiger partial charge in [-0.3, -0.25) is 4.90 Å².